The SMILES string of the molecule is COc1ccc(-c2nc(-c3cccc(CNC(C)=O)c3)n[nH]2)cc1. The molecule has 0 fully saturated rings. The molecule has 2 N–H and O–H groups in total. The van der Waals surface area contributed by atoms with E-state index in [1.54, 1.807) is 7.11 Å². The lowest BCUT2D eigenvalue weighted by Gasteiger charge is -2.03. The molecule has 0 aliphatic carbocycles. The zero-order chi connectivity index (χ0) is 16.9. The van der Waals surface area contributed by atoms with Gasteiger partial charge in [0.25, 0.3) is 0 Å². The van der Waals surface area contributed by atoms with E-state index in [9.17, 15) is 4.79 Å². The monoisotopic (exact) mass is 322 g/mol. The molecular weight excluding hydrogens is 304 g/mol. The Morgan fingerprint density at radius 1 is 1.17 bits per heavy atom. The number of methoxy groups -OCH3 is 1. The van der Waals surface area contributed by atoms with Crippen molar-refractivity contribution in [1.82, 2.24) is 20.5 Å². The van der Waals surface area contributed by atoms with Gasteiger partial charge in [0.2, 0.25) is 5.91 Å². The van der Waals surface area contributed by atoms with Crippen molar-refractivity contribution in [1.29, 1.82) is 0 Å². The molecule has 0 atom stereocenters. The summed E-state index contributed by atoms with van der Waals surface area (Å²) in [5, 5.41) is 10.0. The molecule has 3 rings (SSSR count). The second kappa shape index (κ2) is 6.95. The standard InChI is InChI=1S/C18H18N4O2/c1-12(23)19-11-13-4-3-5-15(10-13)18-20-17(21-22-18)14-6-8-16(24-2)9-7-14/h3-10H,11H2,1-2H3,(H,19,23)(H,20,21,22). The zero-order valence-corrected chi connectivity index (χ0v) is 13.5. The maximum atomic E-state index is 11.0. The van der Waals surface area contributed by atoms with Gasteiger partial charge in [-0.15, -0.1) is 0 Å². The van der Waals surface area contributed by atoms with Crippen LogP contribution in [-0.2, 0) is 11.3 Å². The highest BCUT2D eigenvalue weighted by Gasteiger charge is 2.08. The highest BCUT2D eigenvalue weighted by molar-refractivity contribution is 5.72. The zero-order valence-electron chi connectivity index (χ0n) is 13.5. The molecule has 1 heterocycles. The van der Waals surface area contributed by atoms with Crippen molar-refractivity contribution in [2.45, 2.75) is 13.5 Å². The van der Waals surface area contributed by atoms with Gasteiger partial charge in [-0.05, 0) is 35.9 Å². The number of nitrogens with zero attached hydrogens (tertiary/aromatic N) is 2. The van der Waals surface area contributed by atoms with Crippen LogP contribution in [0.1, 0.15) is 12.5 Å². The van der Waals surface area contributed by atoms with E-state index < -0.39 is 0 Å². The van der Waals surface area contributed by atoms with Crippen LogP contribution >= 0.6 is 0 Å². The lowest BCUT2D eigenvalue weighted by molar-refractivity contribution is -0.119. The molecule has 0 saturated carbocycles. The molecule has 0 saturated heterocycles. The van der Waals surface area contributed by atoms with E-state index in [0.29, 0.717) is 18.2 Å². The van der Waals surface area contributed by atoms with Gasteiger partial charge in [-0.2, -0.15) is 5.10 Å². The summed E-state index contributed by atoms with van der Waals surface area (Å²) in [7, 11) is 1.63. The topological polar surface area (TPSA) is 79.9 Å². The largest absolute Gasteiger partial charge is 0.497 e. The van der Waals surface area contributed by atoms with Crippen LogP contribution in [0.5, 0.6) is 5.75 Å². The summed E-state index contributed by atoms with van der Waals surface area (Å²) in [5.74, 6) is 2.05. The maximum Gasteiger partial charge on any atom is 0.217 e. The summed E-state index contributed by atoms with van der Waals surface area (Å²) < 4.78 is 5.16. The quantitative estimate of drug-likeness (QED) is 0.757. The Bertz CT molecular complexity index is 840. The third kappa shape index (κ3) is 3.60. The number of rotatable bonds is 5. The van der Waals surface area contributed by atoms with Crippen molar-refractivity contribution in [2.24, 2.45) is 0 Å². The van der Waals surface area contributed by atoms with Crippen LogP contribution in [-0.4, -0.2) is 28.2 Å². The molecule has 6 nitrogen and oxygen atoms in total. The fraction of sp³-hybridized carbons (Fsp3) is 0.167. The molecule has 0 unspecified atom stereocenters. The first-order valence-corrected chi connectivity index (χ1v) is 7.56. The number of nitrogens with one attached hydrogen (secondary N) is 2. The molecular formula is C18H18N4O2. The fourth-order valence-corrected chi connectivity index (χ4v) is 2.32. The van der Waals surface area contributed by atoms with Gasteiger partial charge < -0.3 is 10.1 Å². The van der Waals surface area contributed by atoms with E-state index in [4.69, 9.17) is 4.74 Å². The van der Waals surface area contributed by atoms with Crippen LogP contribution in [0.3, 0.4) is 0 Å². The van der Waals surface area contributed by atoms with Crippen LogP contribution in [0, 0.1) is 0 Å². The minimum atomic E-state index is -0.0555. The predicted octanol–water partition coefficient (Wildman–Crippen LogP) is 2.78. The maximum absolute atomic E-state index is 11.0. The van der Waals surface area contributed by atoms with Gasteiger partial charge in [-0.1, -0.05) is 18.2 Å². The van der Waals surface area contributed by atoms with Gasteiger partial charge >= 0.3 is 0 Å². The number of aromatic amines is 1. The minimum Gasteiger partial charge on any atom is -0.497 e. The van der Waals surface area contributed by atoms with Crippen LogP contribution < -0.4 is 10.1 Å². The average Bonchev–Trinajstić information content (AvgIpc) is 3.10. The van der Waals surface area contributed by atoms with E-state index in [1.165, 1.54) is 6.92 Å². The molecule has 0 aliphatic rings. The lowest BCUT2D eigenvalue weighted by Crippen LogP contribution is -2.18. The number of hydrogen-bond donors (Lipinski definition) is 2. The lowest BCUT2D eigenvalue weighted by atomic mass is 10.1. The second-order valence-electron chi connectivity index (χ2n) is 5.35. The Morgan fingerprint density at radius 3 is 2.67 bits per heavy atom. The Kier molecular flexibility index (Phi) is 4.56. The fourth-order valence-electron chi connectivity index (χ4n) is 2.32. The van der Waals surface area contributed by atoms with Gasteiger partial charge in [0.05, 0.1) is 7.11 Å². The number of benzene rings is 2. The number of carbonyl (C=O) groups excluding carboxylic acids is 1. The number of hydrogen-bond acceptors (Lipinski definition) is 4. The first-order chi connectivity index (χ1) is 11.7. The molecule has 0 spiro atoms. The third-order valence-corrected chi connectivity index (χ3v) is 3.58. The highest BCUT2D eigenvalue weighted by atomic mass is 16.5. The number of ether oxygens (including phenoxy) is 1. The summed E-state index contributed by atoms with van der Waals surface area (Å²) in [6.07, 6.45) is 0. The van der Waals surface area contributed by atoms with Crippen LogP contribution in [0.25, 0.3) is 22.8 Å². The van der Waals surface area contributed by atoms with Gasteiger partial charge in [0.15, 0.2) is 11.6 Å². The van der Waals surface area contributed by atoms with Gasteiger partial charge in [-0.3, -0.25) is 9.89 Å². The molecule has 6 heteroatoms. The molecule has 1 aromatic heterocycles. The predicted molar refractivity (Wildman–Crippen MR) is 91.3 cm³/mol. The average molecular weight is 322 g/mol. The summed E-state index contributed by atoms with van der Waals surface area (Å²) in [4.78, 5) is 15.6. The normalized spacial score (nSPS) is 10.4. The summed E-state index contributed by atoms with van der Waals surface area (Å²) >= 11 is 0. The second-order valence-corrected chi connectivity index (χ2v) is 5.35. The molecule has 122 valence electrons. The van der Waals surface area contributed by atoms with E-state index in [-0.39, 0.29) is 5.91 Å². The smallest absolute Gasteiger partial charge is 0.217 e. The van der Waals surface area contributed by atoms with Crippen LogP contribution in [0.2, 0.25) is 0 Å². The molecule has 0 aliphatic heterocycles. The molecule has 0 radical (unpaired) electrons. The Morgan fingerprint density at radius 2 is 1.96 bits per heavy atom. The van der Waals surface area contributed by atoms with E-state index >= 15 is 0 Å². The summed E-state index contributed by atoms with van der Waals surface area (Å²) in [6, 6.07) is 15.4. The van der Waals surface area contributed by atoms with Crippen molar-refractivity contribution in [3.8, 4) is 28.5 Å². The van der Waals surface area contributed by atoms with E-state index in [2.05, 4.69) is 20.5 Å². The van der Waals surface area contributed by atoms with Crippen molar-refractivity contribution < 1.29 is 9.53 Å². The van der Waals surface area contributed by atoms with Gasteiger partial charge in [-0.25, -0.2) is 4.98 Å². The van der Waals surface area contributed by atoms with Gasteiger partial charge in [0, 0.05) is 24.6 Å². The number of aromatic nitrogens is 3. The Hall–Kier alpha value is -3.15. The number of H-pyrrole nitrogens is 1. The first-order valence-electron chi connectivity index (χ1n) is 7.56. The van der Waals surface area contributed by atoms with Crippen LogP contribution in [0.4, 0.5) is 0 Å². The van der Waals surface area contributed by atoms with E-state index in [1.807, 2.05) is 48.5 Å². The number of carbonyl (C=O) groups is 1. The summed E-state index contributed by atoms with van der Waals surface area (Å²) in [6.45, 7) is 1.99. The van der Waals surface area contributed by atoms with Crippen molar-refractivity contribution in [2.75, 3.05) is 7.11 Å². The molecule has 0 bridgehead atoms. The van der Waals surface area contributed by atoms with Crippen LogP contribution in [0.15, 0.2) is 48.5 Å². The summed E-state index contributed by atoms with van der Waals surface area (Å²) in [5.41, 5.74) is 2.83. The highest BCUT2D eigenvalue weighted by Crippen LogP contribution is 2.22. The van der Waals surface area contributed by atoms with E-state index in [0.717, 1.165) is 22.4 Å². The first kappa shape index (κ1) is 15.7. The third-order valence-electron chi connectivity index (χ3n) is 3.58. The number of amides is 1. The van der Waals surface area contributed by atoms with Crippen molar-refractivity contribution in [3.63, 3.8) is 0 Å². The molecule has 1 amide bonds. The Balaban J connectivity index is 1.82. The van der Waals surface area contributed by atoms with Crippen molar-refractivity contribution >= 4 is 5.91 Å². The molecule has 24 heavy (non-hydrogen) atoms. The molecule has 2 aromatic carbocycles. The molecule has 3 aromatic rings. The van der Waals surface area contributed by atoms with Crippen molar-refractivity contribution in [3.05, 3.63) is 54.1 Å². The van der Waals surface area contributed by atoms with Gasteiger partial charge in [0.1, 0.15) is 5.75 Å². The minimum absolute atomic E-state index is 0.0555. The Labute approximate surface area is 139 Å².